The first-order chi connectivity index (χ1) is 15.4. The van der Waals surface area contributed by atoms with Gasteiger partial charge in [0.1, 0.15) is 11.5 Å². The van der Waals surface area contributed by atoms with E-state index in [1.807, 2.05) is 67.0 Å². The van der Waals surface area contributed by atoms with Crippen molar-refractivity contribution in [3.63, 3.8) is 0 Å². The van der Waals surface area contributed by atoms with Gasteiger partial charge in [-0.3, -0.25) is 4.98 Å². The lowest BCUT2D eigenvalue weighted by Crippen LogP contribution is -2.10. The van der Waals surface area contributed by atoms with E-state index < -0.39 is 5.97 Å². The monoisotopic (exact) mass is 429 g/mol. The minimum atomic E-state index is -0.460. The molecule has 4 aromatic rings. The number of ether oxygens (including phenoxy) is 1. The second kappa shape index (κ2) is 8.67. The van der Waals surface area contributed by atoms with Gasteiger partial charge in [-0.2, -0.15) is 0 Å². The molecule has 162 valence electrons. The van der Waals surface area contributed by atoms with Crippen LogP contribution in [0.15, 0.2) is 73.1 Å². The molecule has 0 saturated heterocycles. The summed E-state index contributed by atoms with van der Waals surface area (Å²) in [5, 5.41) is 0. The summed E-state index contributed by atoms with van der Waals surface area (Å²) in [6.07, 6.45) is 3.43. The normalized spacial score (nSPS) is 10.8. The van der Waals surface area contributed by atoms with Crippen LogP contribution in [0.1, 0.15) is 10.5 Å². The molecule has 0 fully saturated rings. The Hall–Kier alpha value is -3.93. The molecule has 0 bridgehead atoms. The Morgan fingerprint density at radius 2 is 1.44 bits per heavy atom. The van der Waals surface area contributed by atoms with Gasteiger partial charge in [-0.1, -0.05) is 24.3 Å². The average molecular weight is 429 g/mol. The van der Waals surface area contributed by atoms with Crippen molar-refractivity contribution in [2.45, 2.75) is 0 Å². The third-order valence-corrected chi connectivity index (χ3v) is 5.53. The zero-order valence-electron chi connectivity index (χ0n) is 18.5. The average Bonchev–Trinajstić information content (AvgIpc) is 3.12. The smallest absolute Gasteiger partial charge is 0.355 e. The minimum absolute atomic E-state index is 0.339. The van der Waals surface area contributed by atoms with E-state index in [9.17, 15) is 9.18 Å². The Bertz CT molecular complexity index is 1250. The van der Waals surface area contributed by atoms with Crippen LogP contribution < -0.4 is 4.90 Å². The van der Waals surface area contributed by atoms with Crippen LogP contribution in [0.2, 0.25) is 0 Å². The van der Waals surface area contributed by atoms with Crippen molar-refractivity contribution >= 4 is 11.7 Å². The van der Waals surface area contributed by atoms with E-state index in [4.69, 9.17) is 4.74 Å². The highest BCUT2D eigenvalue weighted by atomic mass is 19.1. The third kappa shape index (κ3) is 3.75. The number of halogens is 1. The standard InChI is InChI=1S/C26H24FN3O2/c1-29(2)21-11-7-19(8-12-21)24-22(18-13-15-28-16-14-18)23(17-5-9-20(27)10-6-17)25(30(24)3)26(31)32-4/h5-16H,1-4H3. The summed E-state index contributed by atoms with van der Waals surface area (Å²) in [6.45, 7) is 0. The van der Waals surface area contributed by atoms with Gasteiger partial charge in [-0.05, 0) is 53.1 Å². The van der Waals surface area contributed by atoms with E-state index in [2.05, 4.69) is 4.98 Å². The highest BCUT2D eigenvalue weighted by molar-refractivity contribution is 6.06. The van der Waals surface area contributed by atoms with Gasteiger partial charge in [-0.15, -0.1) is 0 Å². The Kier molecular flexibility index (Phi) is 5.77. The molecule has 32 heavy (non-hydrogen) atoms. The highest BCUT2D eigenvalue weighted by Gasteiger charge is 2.28. The molecular weight excluding hydrogens is 405 g/mol. The summed E-state index contributed by atoms with van der Waals surface area (Å²) in [6, 6.07) is 18.1. The maximum absolute atomic E-state index is 13.7. The van der Waals surface area contributed by atoms with Crippen molar-refractivity contribution in [3.05, 3.63) is 84.6 Å². The summed E-state index contributed by atoms with van der Waals surface area (Å²) in [4.78, 5) is 19.1. The number of carbonyl (C=O) groups excluding carboxylic acids is 1. The number of hydrogen-bond donors (Lipinski definition) is 0. The molecule has 2 aromatic carbocycles. The summed E-state index contributed by atoms with van der Waals surface area (Å²) in [5.41, 5.74) is 6.46. The summed E-state index contributed by atoms with van der Waals surface area (Å²) in [7, 11) is 7.18. The first-order valence-corrected chi connectivity index (χ1v) is 10.2. The van der Waals surface area contributed by atoms with Crippen molar-refractivity contribution < 1.29 is 13.9 Å². The van der Waals surface area contributed by atoms with Gasteiger partial charge in [0.25, 0.3) is 0 Å². The van der Waals surface area contributed by atoms with E-state index in [0.29, 0.717) is 11.3 Å². The fourth-order valence-corrected chi connectivity index (χ4v) is 3.97. The molecule has 0 aliphatic carbocycles. The molecule has 0 aliphatic heterocycles. The maximum atomic E-state index is 13.7. The Balaban J connectivity index is 2.09. The van der Waals surface area contributed by atoms with Crippen molar-refractivity contribution in [2.75, 3.05) is 26.1 Å². The molecule has 5 nitrogen and oxygen atoms in total. The van der Waals surface area contributed by atoms with Crippen LogP contribution in [0.3, 0.4) is 0 Å². The zero-order valence-corrected chi connectivity index (χ0v) is 18.5. The van der Waals surface area contributed by atoms with Gasteiger partial charge in [0, 0.05) is 50.4 Å². The van der Waals surface area contributed by atoms with Crippen molar-refractivity contribution in [2.24, 2.45) is 7.05 Å². The Labute approximate surface area is 186 Å². The largest absolute Gasteiger partial charge is 0.464 e. The summed E-state index contributed by atoms with van der Waals surface area (Å²) >= 11 is 0. The number of esters is 1. The molecule has 0 aliphatic rings. The van der Waals surface area contributed by atoms with E-state index >= 15 is 0 Å². The number of rotatable bonds is 5. The number of hydrogen-bond acceptors (Lipinski definition) is 4. The lowest BCUT2D eigenvalue weighted by atomic mass is 9.93. The fourth-order valence-electron chi connectivity index (χ4n) is 3.97. The van der Waals surface area contributed by atoms with Gasteiger partial charge in [0.05, 0.1) is 12.8 Å². The summed E-state index contributed by atoms with van der Waals surface area (Å²) in [5.74, 6) is -0.799. The number of pyridine rings is 1. The number of methoxy groups -OCH3 is 1. The second-order valence-electron chi connectivity index (χ2n) is 7.68. The fraction of sp³-hybridized carbons (Fsp3) is 0.154. The van der Waals surface area contributed by atoms with Gasteiger partial charge in [0.15, 0.2) is 0 Å². The van der Waals surface area contributed by atoms with E-state index in [0.717, 1.165) is 33.6 Å². The number of carbonyl (C=O) groups is 1. The molecule has 0 unspecified atom stereocenters. The Morgan fingerprint density at radius 3 is 2.00 bits per heavy atom. The van der Waals surface area contributed by atoms with Crippen molar-refractivity contribution in [1.82, 2.24) is 9.55 Å². The minimum Gasteiger partial charge on any atom is -0.464 e. The van der Waals surface area contributed by atoms with Crippen LogP contribution in [0.4, 0.5) is 10.1 Å². The molecule has 0 radical (unpaired) electrons. The van der Waals surface area contributed by atoms with Gasteiger partial charge in [-0.25, -0.2) is 9.18 Å². The predicted molar refractivity (Wildman–Crippen MR) is 125 cm³/mol. The van der Waals surface area contributed by atoms with Gasteiger partial charge >= 0.3 is 5.97 Å². The molecule has 0 spiro atoms. The SMILES string of the molecule is COC(=O)c1c(-c2ccc(F)cc2)c(-c2ccncc2)c(-c2ccc(N(C)C)cc2)n1C. The van der Waals surface area contributed by atoms with Crippen LogP contribution in [-0.2, 0) is 11.8 Å². The first kappa shape index (κ1) is 21.3. The predicted octanol–water partition coefficient (Wildman–Crippen LogP) is 5.41. The van der Waals surface area contributed by atoms with Crippen LogP contribution >= 0.6 is 0 Å². The molecule has 4 rings (SSSR count). The number of anilines is 1. The molecule has 2 heterocycles. The van der Waals surface area contributed by atoms with Crippen LogP contribution in [0.25, 0.3) is 33.5 Å². The zero-order chi connectivity index (χ0) is 22.8. The quantitative estimate of drug-likeness (QED) is 0.398. The molecule has 0 N–H and O–H groups in total. The van der Waals surface area contributed by atoms with E-state index in [1.54, 1.807) is 24.5 Å². The first-order valence-electron chi connectivity index (χ1n) is 10.2. The molecule has 0 saturated carbocycles. The second-order valence-corrected chi connectivity index (χ2v) is 7.68. The lowest BCUT2D eigenvalue weighted by Gasteiger charge is -2.14. The number of benzene rings is 2. The van der Waals surface area contributed by atoms with Gasteiger partial charge < -0.3 is 14.2 Å². The van der Waals surface area contributed by atoms with Crippen molar-refractivity contribution in [1.29, 1.82) is 0 Å². The molecule has 0 atom stereocenters. The maximum Gasteiger partial charge on any atom is 0.355 e. The number of nitrogens with zero attached hydrogens (tertiary/aromatic N) is 3. The topological polar surface area (TPSA) is 47.4 Å². The van der Waals surface area contributed by atoms with Crippen LogP contribution in [-0.4, -0.2) is 36.7 Å². The molecule has 0 amide bonds. The summed E-state index contributed by atoms with van der Waals surface area (Å²) < 4.78 is 20.7. The van der Waals surface area contributed by atoms with Gasteiger partial charge in [0.2, 0.25) is 0 Å². The van der Waals surface area contributed by atoms with E-state index in [-0.39, 0.29) is 5.82 Å². The molecule has 6 heteroatoms. The lowest BCUT2D eigenvalue weighted by molar-refractivity contribution is 0.0591. The molecule has 2 aromatic heterocycles. The van der Waals surface area contributed by atoms with Crippen molar-refractivity contribution in [3.8, 4) is 33.5 Å². The van der Waals surface area contributed by atoms with Crippen LogP contribution in [0.5, 0.6) is 0 Å². The highest BCUT2D eigenvalue weighted by Crippen LogP contribution is 2.44. The Morgan fingerprint density at radius 1 is 0.875 bits per heavy atom. The van der Waals surface area contributed by atoms with E-state index in [1.165, 1.54) is 19.2 Å². The third-order valence-electron chi connectivity index (χ3n) is 5.53. The van der Waals surface area contributed by atoms with Crippen LogP contribution in [0, 0.1) is 5.82 Å². The number of aromatic nitrogens is 2. The molecular formula is C26H24FN3O2.